The van der Waals surface area contributed by atoms with E-state index < -0.39 is 0 Å². The molecule has 1 amide bonds. The first-order valence-electron chi connectivity index (χ1n) is 11.7. The smallest absolute Gasteiger partial charge is 0.252 e. The minimum Gasteiger partial charge on any atom is -0.495 e. The lowest BCUT2D eigenvalue weighted by Crippen LogP contribution is -2.38. The molecule has 0 unspecified atom stereocenters. The zero-order valence-electron chi connectivity index (χ0n) is 20.4. The van der Waals surface area contributed by atoms with Gasteiger partial charge in [0.15, 0.2) is 0 Å². The number of para-hydroxylation sites is 3. The molecule has 2 aromatic carbocycles. The molecule has 0 radical (unpaired) electrons. The minimum atomic E-state index is -0.0919. The van der Waals surface area contributed by atoms with Crippen LogP contribution in [0, 0.1) is 11.8 Å². The van der Waals surface area contributed by atoms with Crippen molar-refractivity contribution in [1.29, 1.82) is 0 Å². The van der Waals surface area contributed by atoms with Crippen LogP contribution in [0.4, 0.5) is 11.5 Å². The second kappa shape index (κ2) is 11.7. The number of carbonyl (C=O) groups excluding carboxylic acids is 1. The number of amides is 1. The number of nitrogens with one attached hydrogen (secondary N) is 2. The van der Waals surface area contributed by atoms with Crippen LogP contribution >= 0.6 is 0 Å². The van der Waals surface area contributed by atoms with Gasteiger partial charge in [0.05, 0.1) is 23.9 Å². The number of hydrogen-bond donors (Lipinski definition) is 2. The number of carbonyl (C=O) groups is 1. The molecule has 0 spiro atoms. The van der Waals surface area contributed by atoms with E-state index >= 15 is 0 Å². The Morgan fingerprint density at radius 2 is 1.67 bits per heavy atom. The molecule has 0 saturated heterocycles. The van der Waals surface area contributed by atoms with Crippen LogP contribution in [0.1, 0.15) is 38.1 Å². The van der Waals surface area contributed by atoms with Gasteiger partial charge in [-0.2, -0.15) is 0 Å². The highest BCUT2D eigenvalue weighted by molar-refractivity contribution is 6.07. The molecule has 3 aromatic rings. The van der Waals surface area contributed by atoms with Gasteiger partial charge in [-0.3, -0.25) is 4.79 Å². The van der Waals surface area contributed by atoms with Crippen LogP contribution in [0.25, 0.3) is 10.9 Å². The number of methoxy groups -OCH3 is 1. The molecule has 0 aliphatic rings. The van der Waals surface area contributed by atoms with E-state index in [0.717, 1.165) is 36.2 Å². The SMILES string of the molecule is COc1ccccc1Nc1cc(C(=O)NCCN(CC(C)C)CC(C)C)c2ccccc2n1. The number of rotatable bonds is 11. The highest BCUT2D eigenvalue weighted by Gasteiger charge is 2.15. The highest BCUT2D eigenvalue weighted by atomic mass is 16.5. The zero-order chi connectivity index (χ0) is 23.8. The summed E-state index contributed by atoms with van der Waals surface area (Å²) >= 11 is 0. The van der Waals surface area contributed by atoms with Crippen LogP contribution in [0.15, 0.2) is 54.6 Å². The quantitative estimate of drug-likeness (QED) is 0.415. The Balaban J connectivity index is 1.79. The van der Waals surface area contributed by atoms with Gasteiger partial charge in [-0.15, -0.1) is 0 Å². The van der Waals surface area contributed by atoms with Crippen molar-refractivity contribution in [3.05, 3.63) is 60.2 Å². The van der Waals surface area contributed by atoms with Crippen LogP contribution < -0.4 is 15.4 Å². The summed E-state index contributed by atoms with van der Waals surface area (Å²) in [6, 6.07) is 17.2. The largest absolute Gasteiger partial charge is 0.495 e. The van der Waals surface area contributed by atoms with Crippen molar-refractivity contribution in [2.45, 2.75) is 27.7 Å². The summed E-state index contributed by atoms with van der Waals surface area (Å²) in [5.41, 5.74) is 2.17. The molecule has 0 fully saturated rings. The maximum atomic E-state index is 13.2. The monoisotopic (exact) mass is 448 g/mol. The highest BCUT2D eigenvalue weighted by Crippen LogP contribution is 2.28. The van der Waals surface area contributed by atoms with E-state index in [1.807, 2.05) is 54.6 Å². The third-order valence-electron chi connectivity index (χ3n) is 5.29. The third-order valence-corrected chi connectivity index (χ3v) is 5.29. The average Bonchev–Trinajstić information content (AvgIpc) is 2.78. The first kappa shape index (κ1) is 24.5. The molecular formula is C27H36N4O2. The maximum absolute atomic E-state index is 13.2. The average molecular weight is 449 g/mol. The summed E-state index contributed by atoms with van der Waals surface area (Å²) < 4.78 is 5.44. The van der Waals surface area contributed by atoms with E-state index in [0.29, 0.717) is 35.5 Å². The summed E-state index contributed by atoms with van der Waals surface area (Å²) in [7, 11) is 1.63. The summed E-state index contributed by atoms with van der Waals surface area (Å²) in [4.78, 5) is 20.3. The van der Waals surface area contributed by atoms with Crippen LogP contribution in [0.2, 0.25) is 0 Å². The number of anilines is 2. The van der Waals surface area contributed by atoms with Crippen LogP contribution in [-0.4, -0.2) is 49.1 Å². The van der Waals surface area contributed by atoms with Crippen molar-refractivity contribution in [2.75, 3.05) is 38.6 Å². The van der Waals surface area contributed by atoms with Crippen LogP contribution in [0.5, 0.6) is 5.75 Å². The van der Waals surface area contributed by atoms with E-state index in [4.69, 9.17) is 9.72 Å². The summed E-state index contributed by atoms with van der Waals surface area (Å²) in [5, 5.41) is 7.26. The van der Waals surface area contributed by atoms with Crippen molar-refractivity contribution >= 4 is 28.3 Å². The van der Waals surface area contributed by atoms with E-state index in [-0.39, 0.29) is 5.91 Å². The molecule has 1 aromatic heterocycles. The fraction of sp³-hybridized carbons (Fsp3) is 0.407. The molecular weight excluding hydrogens is 412 g/mol. The lowest BCUT2D eigenvalue weighted by atomic mass is 10.1. The molecule has 0 saturated carbocycles. The van der Waals surface area contributed by atoms with Crippen molar-refractivity contribution in [2.24, 2.45) is 11.8 Å². The van der Waals surface area contributed by atoms with Gasteiger partial charge in [0.1, 0.15) is 11.6 Å². The lowest BCUT2D eigenvalue weighted by Gasteiger charge is -2.26. The van der Waals surface area contributed by atoms with Gasteiger partial charge < -0.3 is 20.3 Å². The van der Waals surface area contributed by atoms with Crippen LogP contribution in [-0.2, 0) is 0 Å². The number of ether oxygens (including phenoxy) is 1. The van der Waals surface area contributed by atoms with E-state index in [2.05, 4.69) is 43.2 Å². The Labute approximate surface area is 197 Å². The molecule has 0 bridgehead atoms. The second-order valence-corrected chi connectivity index (χ2v) is 9.20. The maximum Gasteiger partial charge on any atom is 0.252 e. The van der Waals surface area contributed by atoms with Crippen molar-refractivity contribution in [3.8, 4) is 5.75 Å². The predicted octanol–water partition coefficient (Wildman–Crippen LogP) is 5.33. The topological polar surface area (TPSA) is 66.5 Å². The van der Waals surface area contributed by atoms with Crippen molar-refractivity contribution < 1.29 is 9.53 Å². The van der Waals surface area contributed by atoms with Gasteiger partial charge in [-0.25, -0.2) is 4.98 Å². The molecule has 0 atom stereocenters. The summed E-state index contributed by atoms with van der Waals surface area (Å²) in [6.07, 6.45) is 0. The third kappa shape index (κ3) is 6.93. The molecule has 33 heavy (non-hydrogen) atoms. The van der Waals surface area contributed by atoms with Gasteiger partial charge in [0.25, 0.3) is 5.91 Å². The zero-order valence-corrected chi connectivity index (χ0v) is 20.4. The molecule has 3 rings (SSSR count). The standard InChI is InChI=1S/C27H36N4O2/c1-19(2)17-31(18-20(3)4)15-14-28-27(32)22-16-26(29-23-11-7-6-10-21(22)23)30-24-12-8-9-13-25(24)33-5/h6-13,16,19-20H,14-15,17-18H2,1-5H3,(H,28,32)(H,29,30). The Hall–Kier alpha value is -3.12. The number of pyridine rings is 1. The fourth-order valence-electron chi connectivity index (χ4n) is 4.03. The normalized spacial score (nSPS) is 11.4. The Kier molecular flexibility index (Phi) is 8.66. The molecule has 176 valence electrons. The van der Waals surface area contributed by atoms with Gasteiger partial charge in [0, 0.05) is 31.6 Å². The van der Waals surface area contributed by atoms with Crippen molar-refractivity contribution in [1.82, 2.24) is 15.2 Å². The molecule has 2 N–H and O–H groups in total. The van der Waals surface area contributed by atoms with Gasteiger partial charge in [0.2, 0.25) is 0 Å². The number of aromatic nitrogens is 1. The number of nitrogens with zero attached hydrogens (tertiary/aromatic N) is 2. The Morgan fingerprint density at radius 3 is 2.36 bits per heavy atom. The van der Waals surface area contributed by atoms with E-state index in [9.17, 15) is 4.79 Å². The minimum absolute atomic E-state index is 0.0919. The Morgan fingerprint density at radius 1 is 1.00 bits per heavy atom. The first-order valence-corrected chi connectivity index (χ1v) is 11.7. The molecule has 0 aliphatic carbocycles. The summed E-state index contributed by atoms with van der Waals surface area (Å²) in [5.74, 6) is 2.41. The van der Waals surface area contributed by atoms with Gasteiger partial charge >= 0.3 is 0 Å². The summed E-state index contributed by atoms with van der Waals surface area (Å²) in [6.45, 7) is 12.4. The lowest BCUT2D eigenvalue weighted by molar-refractivity contribution is 0.0948. The van der Waals surface area contributed by atoms with Crippen LogP contribution in [0.3, 0.4) is 0 Å². The number of fused-ring (bicyclic) bond motifs is 1. The first-order chi connectivity index (χ1) is 15.9. The molecule has 6 heteroatoms. The Bertz CT molecular complexity index is 1050. The number of hydrogen-bond acceptors (Lipinski definition) is 5. The molecule has 6 nitrogen and oxygen atoms in total. The van der Waals surface area contributed by atoms with E-state index in [1.165, 1.54) is 0 Å². The van der Waals surface area contributed by atoms with Gasteiger partial charge in [-0.1, -0.05) is 58.0 Å². The molecule has 1 heterocycles. The second-order valence-electron chi connectivity index (χ2n) is 9.20. The van der Waals surface area contributed by atoms with Gasteiger partial charge in [-0.05, 0) is 36.1 Å². The fourth-order valence-corrected chi connectivity index (χ4v) is 4.03. The molecule has 0 aliphatic heterocycles. The van der Waals surface area contributed by atoms with E-state index in [1.54, 1.807) is 7.11 Å². The number of benzene rings is 2. The van der Waals surface area contributed by atoms with Crippen molar-refractivity contribution in [3.63, 3.8) is 0 Å². The predicted molar refractivity (Wildman–Crippen MR) is 136 cm³/mol.